The predicted octanol–water partition coefficient (Wildman–Crippen LogP) is 24.2. The average Bonchev–Trinajstić information content (AvgIpc) is 1.25. The largest absolute Gasteiger partial charge is 0.454 e. The first-order valence-electron chi connectivity index (χ1n) is 30.0. The highest BCUT2D eigenvalue weighted by atomic mass is 16.3. The zero-order valence-electron chi connectivity index (χ0n) is 48.4. The predicted molar refractivity (Wildman–Crippen MR) is 364 cm³/mol. The van der Waals surface area contributed by atoms with Gasteiger partial charge in [-0.3, -0.25) is 0 Å². The molecule has 14 aromatic carbocycles. The Labute approximate surface area is 500 Å². The van der Waals surface area contributed by atoms with Gasteiger partial charge in [0.05, 0.1) is 34.1 Å². The number of fused-ring (bicyclic) bond motifs is 6. The quantitative estimate of drug-likeness (QED) is 0.114. The summed E-state index contributed by atoms with van der Waals surface area (Å²) in [4.78, 5) is 4.95. The Morgan fingerprint density at radius 1 is 0.244 bits per heavy atom. The fourth-order valence-corrected chi connectivity index (χ4v) is 13.6. The number of hydrogen-bond donors (Lipinski definition) is 0. The van der Waals surface area contributed by atoms with Gasteiger partial charge in [-0.1, -0.05) is 258 Å². The lowest BCUT2D eigenvalue weighted by molar-refractivity contribution is 0.657. The molecule has 0 saturated heterocycles. The minimum absolute atomic E-state index is 0.273. The molecule has 0 atom stereocenters. The molecule has 2 aromatic heterocycles. The van der Waals surface area contributed by atoms with E-state index >= 15 is 0 Å². The van der Waals surface area contributed by atoms with Crippen LogP contribution in [0.1, 0.15) is 50.7 Å². The van der Waals surface area contributed by atoms with Crippen molar-refractivity contribution in [2.24, 2.45) is 0 Å². The summed E-state index contributed by atoms with van der Waals surface area (Å²) in [6.07, 6.45) is 0. The number of rotatable bonds is 12. The van der Waals surface area contributed by atoms with Gasteiger partial charge in [0.15, 0.2) is 11.2 Å². The van der Waals surface area contributed by atoms with E-state index in [1.165, 1.54) is 21.9 Å². The molecule has 4 nitrogen and oxygen atoms in total. The molecular weight excluding hydrogens is 1040 g/mol. The standard InChI is InChI=1S/C82H60N2O2/c1-51(2)61-29-17-31-63-65-33-19-35-75(81(65)85-79(61)63)83(73-47-41-59(53-21-9-5-10-22-53)49-69(73)55-25-13-7-14-26-55)71-45-39-57-38-44-68-72(46-40-58-37-43-67(71)77(57)78(58)68)84(76-36-20-34-66-64-32-18-30-62(52(3)4)80(64)86-82(66)76)74-48-42-60(54-23-11-6-12-24-54)50-70(74)56-27-15-8-16-28-56/h5-52H,1-4H3. The lowest BCUT2D eigenvalue weighted by Crippen LogP contribution is -2.13. The van der Waals surface area contributed by atoms with Gasteiger partial charge in [-0.2, -0.15) is 0 Å². The molecule has 0 saturated carbocycles. The molecule has 4 heteroatoms. The maximum atomic E-state index is 7.28. The Bertz CT molecular complexity index is 4900. The molecular formula is C82H60N2O2. The molecule has 0 spiro atoms. The van der Waals surface area contributed by atoms with Gasteiger partial charge in [-0.15, -0.1) is 0 Å². The summed E-state index contributed by atoms with van der Waals surface area (Å²) < 4.78 is 14.6. The lowest BCUT2D eigenvalue weighted by atomic mass is 9.90. The van der Waals surface area contributed by atoms with Gasteiger partial charge in [-0.25, -0.2) is 0 Å². The molecule has 0 fully saturated rings. The minimum atomic E-state index is 0.273. The third kappa shape index (κ3) is 8.27. The zero-order valence-corrected chi connectivity index (χ0v) is 48.4. The molecule has 2 heterocycles. The molecule has 0 N–H and O–H groups in total. The van der Waals surface area contributed by atoms with Crippen LogP contribution in [-0.2, 0) is 0 Å². The second-order valence-electron chi connectivity index (χ2n) is 23.5. The van der Waals surface area contributed by atoms with E-state index in [9.17, 15) is 0 Å². The maximum Gasteiger partial charge on any atom is 0.159 e. The molecule has 410 valence electrons. The summed E-state index contributed by atoms with van der Waals surface area (Å²) in [6.45, 7) is 8.99. The highest BCUT2D eigenvalue weighted by molar-refractivity contribution is 6.29. The molecule has 0 radical (unpaired) electrons. The van der Waals surface area contributed by atoms with Gasteiger partial charge in [0.2, 0.25) is 0 Å². The van der Waals surface area contributed by atoms with E-state index in [0.717, 1.165) is 144 Å². The van der Waals surface area contributed by atoms with Gasteiger partial charge in [-0.05, 0) is 126 Å². The Balaban J connectivity index is 0.988. The molecule has 0 aliphatic carbocycles. The molecule has 0 aliphatic rings. The second-order valence-corrected chi connectivity index (χ2v) is 23.5. The van der Waals surface area contributed by atoms with Crippen LogP contribution in [-0.4, -0.2) is 0 Å². The number of anilines is 6. The zero-order chi connectivity index (χ0) is 57.6. The van der Waals surface area contributed by atoms with Gasteiger partial charge in [0, 0.05) is 43.4 Å². The summed E-state index contributed by atoms with van der Waals surface area (Å²) >= 11 is 0. The highest BCUT2D eigenvalue weighted by Crippen LogP contribution is 2.54. The lowest BCUT2D eigenvalue weighted by Gasteiger charge is -2.31. The van der Waals surface area contributed by atoms with Crippen molar-refractivity contribution in [3.63, 3.8) is 0 Å². The summed E-state index contributed by atoms with van der Waals surface area (Å²) in [5.41, 5.74) is 21.1. The fraction of sp³-hybridized carbons (Fsp3) is 0.0732. The van der Waals surface area contributed by atoms with Crippen LogP contribution < -0.4 is 9.80 Å². The van der Waals surface area contributed by atoms with Crippen LogP contribution in [0, 0.1) is 0 Å². The smallest absolute Gasteiger partial charge is 0.159 e. The van der Waals surface area contributed by atoms with Crippen LogP contribution >= 0.6 is 0 Å². The van der Waals surface area contributed by atoms with Crippen molar-refractivity contribution < 1.29 is 8.83 Å². The monoisotopic (exact) mass is 1100 g/mol. The van der Waals surface area contributed by atoms with Crippen molar-refractivity contribution in [2.45, 2.75) is 39.5 Å². The molecule has 0 unspecified atom stereocenters. The van der Waals surface area contributed by atoms with E-state index in [1.807, 2.05) is 0 Å². The van der Waals surface area contributed by atoms with Crippen molar-refractivity contribution >= 4 is 110 Å². The van der Waals surface area contributed by atoms with Gasteiger partial charge >= 0.3 is 0 Å². The first-order valence-corrected chi connectivity index (χ1v) is 30.0. The van der Waals surface area contributed by atoms with E-state index in [4.69, 9.17) is 8.83 Å². The van der Waals surface area contributed by atoms with Crippen molar-refractivity contribution in [3.8, 4) is 44.5 Å². The normalized spacial score (nSPS) is 11.9. The fourth-order valence-electron chi connectivity index (χ4n) is 13.6. The van der Waals surface area contributed by atoms with Crippen LogP contribution in [0.4, 0.5) is 34.1 Å². The van der Waals surface area contributed by atoms with Gasteiger partial charge in [0.25, 0.3) is 0 Å². The number of benzene rings is 14. The van der Waals surface area contributed by atoms with Crippen molar-refractivity contribution in [1.29, 1.82) is 0 Å². The highest BCUT2D eigenvalue weighted by Gasteiger charge is 2.29. The Morgan fingerprint density at radius 3 is 0.965 bits per heavy atom. The van der Waals surface area contributed by atoms with E-state index in [-0.39, 0.29) is 11.8 Å². The summed E-state index contributed by atoms with van der Waals surface area (Å²) in [5, 5.41) is 11.4. The van der Waals surface area contributed by atoms with Gasteiger partial charge in [0.1, 0.15) is 11.2 Å². The topological polar surface area (TPSA) is 32.8 Å². The van der Waals surface area contributed by atoms with Crippen LogP contribution in [0.5, 0.6) is 0 Å². The van der Waals surface area contributed by atoms with Crippen molar-refractivity contribution in [3.05, 3.63) is 290 Å². The molecule has 0 bridgehead atoms. The van der Waals surface area contributed by atoms with E-state index in [2.05, 4.69) is 317 Å². The number of nitrogens with zero attached hydrogens (tertiary/aromatic N) is 2. The number of para-hydroxylation sites is 4. The molecule has 0 amide bonds. The number of furan rings is 2. The molecule has 16 aromatic rings. The first-order chi connectivity index (χ1) is 42.3. The van der Waals surface area contributed by atoms with Crippen LogP contribution in [0.3, 0.4) is 0 Å². The van der Waals surface area contributed by atoms with Crippen LogP contribution in [0.15, 0.2) is 288 Å². The van der Waals surface area contributed by atoms with Gasteiger partial charge < -0.3 is 18.6 Å². The first kappa shape index (κ1) is 51.0. The van der Waals surface area contributed by atoms with E-state index in [1.54, 1.807) is 0 Å². The Hall–Kier alpha value is -10.7. The summed E-state index contributed by atoms with van der Waals surface area (Å²) in [6, 6.07) is 102. The molecule has 0 aliphatic heterocycles. The van der Waals surface area contributed by atoms with Crippen LogP contribution in [0.2, 0.25) is 0 Å². The van der Waals surface area contributed by atoms with Crippen molar-refractivity contribution in [2.75, 3.05) is 9.80 Å². The Kier molecular flexibility index (Phi) is 12.2. The third-order valence-corrected chi connectivity index (χ3v) is 17.8. The molecule has 16 rings (SSSR count). The van der Waals surface area contributed by atoms with Crippen LogP contribution in [0.25, 0.3) is 121 Å². The Morgan fingerprint density at radius 2 is 0.581 bits per heavy atom. The van der Waals surface area contributed by atoms with Crippen molar-refractivity contribution in [1.82, 2.24) is 0 Å². The molecule has 86 heavy (non-hydrogen) atoms. The average molecular weight is 1110 g/mol. The third-order valence-electron chi connectivity index (χ3n) is 17.8. The maximum absolute atomic E-state index is 7.28. The van der Waals surface area contributed by atoms with E-state index < -0.39 is 0 Å². The van der Waals surface area contributed by atoms with E-state index in [0.29, 0.717) is 0 Å². The summed E-state index contributed by atoms with van der Waals surface area (Å²) in [7, 11) is 0. The minimum Gasteiger partial charge on any atom is -0.454 e. The number of hydrogen-bond acceptors (Lipinski definition) is 4. The second kappa shape index (κ2) is 20.6. The summed E-state index contributed by atoms with van der Waals surface area (Å²) in [5.74, 6) is 0.547. The SMILES string of the molecule is CC(C)c1cccc2c1oc1c(N(c3ccc(-c4ccccc4)cc3-c3ccccc3)c3ccc4ccc5c(N(c6ccc(-c7ccccc7)cc6-c6ccccc6)c6cccc7c6oc6c(C(C)C)cccc67)ccc6ccc3c4c65)cccc12.